The van der Waals surface area contributed by atoms with Gasteiger partial charge in [-0.25, -0.2) is 0 Å². The van der Waals surface area contributed by atoms with Gasteiger partial charge in [-0.2, -0.15) is 0 Å². The summed E-state index contributed by atoms with van der Waals surface area (Å²) < 4.78 is 24.8. The molecule has 1 N–H and O–H groups in total. The number of benzene rings is 2. The summed E-state index contributed by atoms with van der Waals surface area (Å²) in [6.07, 6.45) is 5.94. The van der Waals surface area contributed by atoms with Gasteiger partial charge in [-0.1, -0.05) is 86.3 Å². The van der Waals surface area contributed by atoms with E-state index in [1.807, 2.05) is 60.7 Å². The molecule has 158 valence electrons. The summed E-state index contributed by atoms with van der Waals surface area (Å²) in [5.74, 6) is -0.739. The van der Waals surface area contributed by atoms with Crippen LogP contribution in [0, 0.1) is 0 Å². The summed E-state index contributed by atoms with van der Waals surface area (Å²) in [6.45, 7) is 0.532. The van der Waals surface area contributed by atoms with Crippen LogP contribution in [-0.4, -0.2) is 17.2 Å². The van der Waals surface area contributed by atoms with Gasteiger partial charge in [-0.3, -0.25) is 9.36 Å². The molecular weight excluding hydrogens is 387 g/mol. The lowest BCUT2D eigenvalue weighted by atomic mass is 10.1. The molecule has 0 radical (unpaired) electrons. The molecule has 0 amide bonds. The van der Waals surface area contributed by atoms with Crippen LogP contribution in [0.5, 0.6) is 0 Å². The van der Waals surface area contributed by atoms with Crippen molar-refractivity contribution in [3.63, 3.8) is 0 Å². The highest BCUT2D eigenvalue weighted by molar-refractivity contribution is 7.53. The van der Waals surface area contributed by atoms with Crippen LogP contribution in [-0.2, 0) is 31.6 Å². The van der Waals surface area contributed by atoms with Gasteiger partial charge >= 0.3 is 13.6 Å². The predicted octanol–water partition coefficient (Wildman–Crippen LogP) is 6.43. The van der Waals surface area contributed by atoms with E-state index in [1.165, 1.54) is 0 Å². The summed E-state index contributed by atoms with van der Waals surface area (Å²) >= 11 is 0. The average Bonchev–Trinajstić information content (AvgIpc) is 2.74. The fraction of sp³-hybridized carbons (Fsp3) is 0.435. The number of unbranched alkanes of at least 4 members (excludes halogenated alkanes) is 5. The summed E-state index contributed by atoms with van der Waals surface area (Å²) in [4.78, 5) is 10.5. The van der Waals surface area contributed by atoms with E-state index >= 15 is 0 Å². The van der Waals surface area contributed by atoms with Gasteiger partial charge in [0, 0.05) is 6.42 Å². The summed E-state index contributed by atoms with van der Waals surface area (Å²) in [5, 5.41) is 8.65. The van der Waals surface area contributed by atoms with E-state index in [0.717, 1.165) is 43.2 Å². The predicted molar refractivity (Wildman–Crippen MR) is 115 cm³/mol. The first-order chi connectivity index (χ1) is 14.1. The van der Waals surface area contributed by atoms with Crippen LogP contribution in [0.4, 0.5) is 0 Å². The molecule has 0 aliphatic rings. The Morgan fingerprint density at radius 3 is 1.66 bits per heavy atom. The Labute approximate surface area is 173 Å². The third-order valence-corrected chi connectivity index (χ3v) is 6.52. The lowest BCUT2D eigenvalue weighted by Gasteiger charge is -2.19. The molecular formula is C23H31O5P. The molecule has 29 heavy (non-hydrogen) atoms. The van der Waals surface area contributed by atoms with Crippen LogP contribution in [0.1, 0.15) is 56.1 Å². The summed E-state index contributed by atoms with van der Waals surface area (Å²) in [5.41, 5.74) is 1.93. The van der Waals surface area contributed by atoms with Crippen LogP contribution in [0.3, 0.4) is 0 Å². The standard InChI is InChI=1S/C23H31O5P/c24-23(25)17-11-3-1-2-4-12-18-29(26,27-19-21-13-7-5-8-14-21)28-20-22-15-9-6-10-16-22/h5-10,13-16H,1-4,11-12,17-20H2,(H,24,25). The minimum absolute atomic E-state index is 0.232. The molecule has 0 unspecified atom stereocenters. The number of carboxylic acids is 1. The molecule has 2 rings (SSSR count). The Morgan fingerprint density at radius 2 is 1.17 bits per heavy atom. The molecule has 0 aromatic heterocycles. The smallest absolute Gasteiger partial charge is 0.331 e. The number of aliphatic carboxylic acids is 1. The van der Waals surface area contributed by atoms with Gasteiger partial charge in [0.2, 0.25) is 0 Å². The molecule has 2 aromatic carbocycles. The molecule has 0 aliphatic heterocycles. The number of rotatable bonds is 15. The second kappa shape index (κ2) is 13.3. The number of hydrogen-bond acceptors (Lipinski definition) is 4. The van der Waals surface area contributed by atoms with Crippen LogP contribution in [0.15, 0.2) is 60.7 Å². The third-order valence-electron chi connectivity index (χ3n) is 4.61. The molecule has 0 bridgehead atoms. The van der Waals surface area contributed by atoms with Gasteiger partial charge < -0.3 is 14.2 Å². The third kappa shape index (κ3) is 10.4. The van der Waals surface area contributed by atoms with E-state index in [1.54, 1.807) is 0 Å². The van der Waals surface area contributed by atoms with Crippen molar-refractivity contribution in [3.8, 4) is 0 Å². The molecule has 0 heterocycles. The zero-order valence-electron chi connectivity index (χ0n) is 16.9. The number of carboxylic acid groups (broad SMARTS) is 1. The van der Waals surface area contributed by atoms with Crippen molar-refractivity contribution in [1.29, 1.82) is 0 Å². The van der Waals surface area contributed by atoms with Crippen LogP contribution < -0.4 is 0 Å². The molecule has 0 aliphatic carbocycles. The first-order valence-corrected chi connectivity index (χ1v) is 12.0. The lowest BCUT2D eigenvalue weighted by molar-refractivity contribution is -0.137. The SMILES string of the molecule is O=C(O)CCCCCCCCP(=O)(OCc1ccccc1)OCc1ccccc1. The zero-order chi connectivity index (χ0) is 20.8. The topological polar surface area (TPSA) is 72.8 Å². The van der Waals surface area contributed by atoms with Gasteiger partial charge in [0.25, 0.3) is 0 Å². The van der Waals surface area contributed by atoms with E-state index in [9.17, 15) is 9.36 Å². The molecule has 0 atom stereocenters. The fourth-order valence-electron chi connectivity index (χ4n) is 2.95. The zero-order valence-corrected chi connectivity index (χ0v) is 17.8. The van der Waals surface area contributed by atoms with Crippen molar-refractivity contribution < 1.29 is 23.5 Å². The van der Waals surface area contributed by atoms with Crippen molar-refractivity contribution in [2.24, 2.45) is 0 Å². The Morgan fingerprint density at radius 1 is 0.724 bits per heavy atom. The summed E-state index contributed by atoms with van der Waals surface area (Å²) in [7, 11) is -3.20. The Kier molecular flexibility index (Phi) is 10.7. The second-order valence-corrected chi connectivity index (χ2v) is 9.30. The fourth-order valence-corrected chi connectivity index (χ4v) is 4.58. The Balaban J connectivity index is 1.78. The van der Waals surface area contributed by atoms with Crippen molar-refractivity contribution in [2.45, 2.75) is 58.2 Å². The maximum atomic E-state index is 13.3. The first kappa shape index (κ1) is 23.3. The van der Waals surface area contributed by atoms with Crippen molar-refractivity contribution in [1.82, 2.24) is 0 Å². The highest BCUT2D eigenvalue weighted by Crippen LogP contribution is 2.50. The van der Waals surface area contributed by atoms with Gasteiger partial charge in [0.15, 0.2) is 0 Å². The van der Waals surface area contributed by atoms with Crippen LogP contribution >= 0.6 is 7.60 Å². The highest BCUT2D eigenvalue weighted by atomic mass is 31.2. The molecule has 2 aromatic rings. The van der Waals surface area contributed by atoms with Crippen LogP contribution in [0.2, 0.25) is 0 Å². The first-order valence-electron chi connectivity index (χ1n) is 10.3. The number of carbonyl (C=O) groups is 1. The minimum Gasteiger partial charge on any atom is -0.481 e. The monoisotopic (exact) mass is 418 g/mol. The maximum Gasteiger partial charge on any atom is 0.331 e. The van der Waals surface area contributed by atoms with Gasteiger partial charge in [0.1, 0.15) is 0 Å². The van der Waals surface area contributed by atoms with Crippen molar-refractivity contribution in [3.05, 3.63) is 71.8 Å². The molecule has 0 saturated heterocycles. The largest absolute Gasteiger partial charge is 0.481 e. The van der Waals surface area contributed by atoms with E-state index in [-0.39, 0.29) is 19.6 Å². The van der Waals surface area contributed by atoms with Crippen molar-refractivity contribution >= 4 is 13.6 Å². The highest BCUT2D eigenvalue weighted by Gasteiger charge is 2.24. The lowest BCUT2D eigenvalue weighted by Crippen LogP contribution is -2.02. The van der Waals surface area contributed by atoms with E-state index in [4.69, 9.17) is 14.2 Å². The summed E-state index contributed by atoms with van der Waals surface area (Å²) in [6, 6.07) is 19.4. The van der Waals surface area contributed by atoms with Gasteiger partial charge in [-0.05, 0) is 24.0 Å². The van der Waals surface area contributed by atoms with E-state index in [2.05, 4.69) is 0 Å². The van der Waals surface area contributed by atoms with Gasteiger partial charge in [0.05, 0.1) is 19.4 Å². The molecule has 0 spiro atoms. The second-order valence-electron chi connectivity index (χ2n) is 7.12. The Hall–Kier alpha value is -1.94. The quantitative estimate of drug-likeness (QED) is 0.267. The molecule has 0 fully saturated rings. The van der Waals surface area contributed by atoms with E-state index < -0.39 is 13.6 Å². The number of hydrogen-bond donors (Lipinski definition) is 1. The van der Waals surface area contributed by atoms with Crippen LogP contribution in [0.25, 0.3) is 0 Å². The molecule has 5 nitrogen and oxygen atoms in total. The molecule has 6 heteroatoms. The molecule has 0 saturated carbocycles. The van der Waals surface area contributed by atoms with Crippen molar-refractivity contribution in [2.75, 3.05) is 6.16 Å². The minimum atomic E-state index is -3.20. The van der Waals surface area contributed by atoms with E-state index in [0.29, 0.717) is 12.6 Å². The normalized spacial score (nSPS) is 11.4. The average molecular weight is 418 g/mol. The maximum absolute atomic E-state index is 13.3. The van der Waals surface area contributed by atoms with Gasteiger partial charge in [-0.15, -0.1) is 0 Å². The Bertz CT molecular complexity index is 701.